The van der Waals surface area contributed by atoms with Crippen LogP contribution in [0.15, 0.2) is 24.5 Å². The number of aromatic nitrogens is 3. The third kappa shape index (κ3) is 3.88. The van der Waals surface area contributed by atoms with E-state index in [9.17, 15) is 9.59 Å². The quantitative estimate of drug-likeness (QED) is 0.689. The summed E-state index contributed by atoms with van der Waals surface area (Å²) in [7, 11) is 0. The number of nitrogens with one attached hydrogen (secondary N) is 1. The van der Waals surface area contributed by atoms with Crippen molar-refractivity contribution < 1.29 is 14.7 Å². The first-order chi connectivity index (χ1) is 13.5. The molecule has 2 aliphatic rings. The van der Waals surface area contributed by atoms with Crippen LogP contribution in [-0.2, 0) is 4.79 Å². The molecule has 1 amide bonds. The topological polar surface area (TPSA) is 134 Å². The van der Waals surface area contributed by atoms with E-state index in [1.54, 1.807) is 6.20 Å². The highest BCUT2D eigenvalue weighted by Gasteiger charge is 2.27. The van der Waals surface area contributed by atoms with E-state index in [-0.39, 0.29) is 11.5 Å². The van der Waals surface area contributed by atoms with E-state index in [2.05, 4.69) is 20.3 Å². The second kappa shape index (κ2) is 7.41. The first-order valence-electron chi connectivity index (χ1n) is 9.39. The number of carboxylic acid groups (broad SMARTS) is 1. The molecule has 4 rings (SSSR count). The first-order valence-corrected chi connectivity index (χ1v) is 9.39. The Morgan fingerprint density at radius 3 is 2.43 bits per heavy atom. The average Bonchev–Trinajstić information content (AvgIpc) is 3.54. The third-order valence-electron chi connectivity index (χ3n) is 5.21. The Kier molecular flexibility index (Phi) is 4.81. The lowest BCUT2D eigenvalue weighted by Gasteiger charge is -2.30. The minimum absolute atomic E-state index is 0.190. The van der Waals surface area contributed by atoms with Crippen LogP contribution >= 0.6 is 0 Å². The van der Waals surface area contributed by atoms with Crippen LogP contribution in [0.3, 0.4) is 0 Å². The Morgan fingerprint density at radius 1 is 1.11 bits per heavy atom. The van der Waals surface area contributed by atoms with Crippen molar-refractivity contribution in [3.8, 4) is 0 Å². The number of piperidine rings is 1. The number of nitrogens with two attached hydrogens (primary N) is 1. The second-order valence-electron chi connectivity index (χ2n) is 7.27. The molecule has 0 atom stereocenters. The summed E-state index contributed by atoms with van der Waals surface area (Å²) in [5.74, 6) is -0.405. The van der Waals surface area contributed by atoms with Gasteiger partial charge in [-0.05, 0) is 37.8 Å². The Balaban J connectivity index is 1.54. The first kappa shape index (κ1) is 18.1. The number of rotatable bonds is 6. The van der Waals surface area contributed by atoms with Gasteiger partial charge in [0.05, 0.1) is 17.8 Å². The lowest BCUT2D eigenvalue weighted by Crippen LogP contribution is -2.37. The number of carbonyl (C=O) groups excluding carboxylic acids is 1. The predicted octanol–water partition coefficient (Wildman–Crippen LogP) is 1.89. The van der Waals surface area contributed by atoms with Crippen LogP contribution in [0.5, 0.6) is 0 Å². The van der Waals surface area contributed by atoms with Crippen LogP contribution in [0.1, 0.15) is 47.7 Å². The van der Waals surface area contributed by atoms with Crippen LogP contribution in [0.4, 0.5) is 17.5 Å². The van der Waals surface area contributed by atoms with E-state index < -0.39 is 11.9 Å². The highest BCUT2D eigenvalue weighted by Crippen LogP contribution is 2.39. The molecule has 2 aromatic heterocycles. The zero-order valence-corrected chi connectivity index (χ0v) is 15.3. The molecular formula is C19H22N6O3. The summed E-state index contributed by atoms with van der Waals surface area (Å²) < 4.78 is 0. The summed E-state index contributed by atoms with van der Waals surface area (Å²) in [6.07, 6.45) is 6.55. The number of carbonyl (C=O) groups is 2. The van der Waals surface area contributed by atoms with Crippen LogP contribution < -0.4 is 16.0 Å². The van der Waals surface area contributed by atoms with Gasteiger partial charge < -0.3 is 21.1 Å². The number of anilines is 3. The van der Waals surface area contributed by atoms with Crippen molar-refractivity contribution in [1.29, 1.82) is 0 Å². The van der Waals surface area contributed by atoms with Gasteiger partial charge in [-0.2, -0.15) is 4.98 Å². The van der Waals surface area contributed by atoms with Gasteiger partial charge in [0.2, 0.25) is 5.95 Å². The van der Waals surface area contributed by atoms with Gasteiger partial charge in [-0.1, -0.05) is 0 Å². The summed E-state index contributed by atoms with van der Waals surface area (Å²) in [4.78, 5) is 38.0. The summed E-state index contributed by atoms with van der Waals surface area (Å²) in [5.41, 5.74) is 7.44. The molecule has 1 saturated heterocycles. The molecule has 9 heteroatoms. The normalized spacial score (nSPS) is 17.4. The average molecular weight is 382 g/mol. The van der Waals surface area contributed by atoms with E-state index in [1.165, 1.54) is 19.0 Å². The van der Waals surface area contributed by atoms with Crippen molar-refractivity contribution in [3.63, 3.8) is 0 Å². The minimum atomic E-state index is -0.769. The molecule has 1 saturated carbocycles. The van der Waals surface area contributed by atoms with Gasteiger partial charge in [-0.3, -0.25) is 14.6 Å². The molecular weight excluding hydrogens is 360 g/mol. The van der Waals surface area contributed by atoms with Crippen LogP contribution in [-0.4, -0.2) is 45.0 Å². The number of amides is 1. The standard InChI is InChI=1S/C19H22N6O3/c20-16(26)14-10-22-19(25-7-5-12(6-8-25)18(27)28)24-17(14)23-13-3-4-15(21-9-13)11-1-2-11/h3-4,9-12H,1-2,5-8H2,(H2,20,26)(H,27,28)(H,22,23,24). The van der Waals surface area contributed by atoms with Gasteiger partial charge in [0.1, 0.15) is 11.4 Å². The number of aliphatic carboxylic acids is 1. The molecule has 1 aliphatic carbocycles. The molecule has 2 aromatic rings. The smallest absolute Gasteiger partial charge is 0.306 e. The van der Waals surface area contributed by atoms with Gasteiger partial charge in [0.15, 0.2) is 0 Å². The molecule has 0 radical (unpaired) electrons. The SMILES string of the molecule is NC(=O)c1cnc(N2CCC(C(=O)O)CC2)nc1Nc1ccc(C2CC2)nc1. The predicted molar refractivity (Wildman–Crippen MR) is 103 cm³/mol. The van der Waals surface area contributed by atoms with Crippen molar-refractivity contribution in [2.45, 2.75) is 31.6 Å². The van der Waals surface area contributed by atoms with Crippen molar-refractivity contribution in [3.05, 3.63) is 35.8 Å². The molecule has 28 heavy (non-hydrogen) atoms. The summed E-state index contributed by atoms with van der Waals surface area (Å²) in [6.45, 7) is 1.09. The lowest BCUT2D eigenvalue weighted by atomic mass is 9.97. The number of hydrogen-bond donors (Lipinski definition) is 3. The van der Waals surface area contributed by atoms with Crippen LogP contribution in [0.25, 0.3) is 0 Å². The number of hydrogen-bond acceptors (Lipinski definition) is 7. The summed E-state index contributed by atoms with van der Waals surface area (Å²) in [6, 6.07) is 3.88. The van der Waals surface area contributed by atoms with Crippen molar-refractivity contribution in [2.75, 3.05) is 23.3 Å². The molecule has 9 nitrogen and oxygen atoms in total. The largest absolute Gasteiger partial charge is 0.481 e. The number of carboxylic acids is 1. The third-order valence-corrected chi connectivity index (χ3v) is 5.21. The molecule has 0 unspecified atom stereocenters. The van der Waals surface area contributed by atoms with Crippen LogP contribution in [0, 0.1) is 5.92 Å². The maximum absolute atomic E-state index is 11.8. The molecule has 146 valence electrons. The Bertz CT molecular complexity index is 889. The fourth-order valence-electron chi connectivity index (χ4n) is 3.36. The van der Waals surface area contributed by atoms with Crippen molar-refractivity contribution in [2.24, 2.45) is 11.7 Å². The second-order valence-corrected chi connectivity index (χ2v) is 7.27. The van der Waals surface area contributed by atoms with E-state index in [1.807, 2.05) is 17.0 Å². The fourth-order valence-corrected chi connectivity index (χ4v) is 3.36. The van der Waals surface area contributed by atoms with E-state index in [4.69, 9.17) is 10.8 Å². The summed E-state index contributed by atoms with van der Waals surface area (Å²) in [5, 5.41) is 12.3. The number of pyridine rings is 1. The molecule has 0 spiro atoms. The van der Waals surface area contributed by atoms with Gasteiger partial charge in [0, 0.05) is 30.9 Å². The highest BCUT2D eigenvalue weighted by atomic mass is 16.4. The van der Waals surface area contributed by atoms with Gasteiger partial charge in [0.25, 0.3) is 5.91 Å². The van der Waals surface area contributed by atoms with E-state index in [0.717, 1.165) is 5.69 Å². The molecule has 4 N–H and O–H groups in total. The number of primary amides is 1. The molecule has 2 fully saturated rings. The molecule has 0 aromatic carbocycles. The Morgan fingerprint density at radius 2 is 1.86 bits per heavy atom. The Labute approximate surface area is 162 Å². The highest BCUT2D eigenvalue weighted by molar-refractivity contribution is 5.98. The molecule has 1 aliphatic heterocycles. The van der Waals surface area contributed by atoms with Gasteiger partial charge >= 0.3 is 5.97 Å². The zero-order chi connectivity index (χ0) is 19.7. The van der Waals surface area contributed by atoms with Crippen molar-refractivity contribution >= 4 is 29.3 Å². The maximum Gasteiger partial charge on any atom is 0.306 e. The lowest BCUT2D eigenvalue weighted by molar-refractivity contribution is -0.142. The minimum Gasteiger partial charge on any atom is -0.481 e. The molecule has 3 heterocycles. The Hall–Kier alpha value is -3.23. The maximum atomic E-state index is 11.8. The van der Waals surface area contributed by atoms with Gasteiger partial charge in [-0.15, -0.1) is 0 Å². The van der Waals surface area contributed by atoms with Crippen molar-refractivity contribution in [1.82, 2.24) is 15.0 Å². The van der Waals surface area contributed by atoms with E-state index >= 15 is 0 Å². The van der Waals surface area contributed by atoms with Crippen LogP contribution in [0.2, 0.25) is 0 Å². The monoisotopic (exact) mass is 382 g/mol. The van der Waals surface area contributed by atoms with Gasteiger partial charge in [-0.25, -0.2) is 4.98 Å². The zero-order valence-electron chi connectivity index (χ0n) is 15.3. The fraction of sp³-hybridized carbons (Fsp3) is 0.421. The van der Waals surface area contributed by atoms with E-state index in [0.29, 0.717) is 49.3 Å². The number of nitrogens with zero attached hydrogens (tertiary/aromatic N) is 4. The molecule has 0 bridgehead atoms. The summed E-state index contributed by atoms with van der Waals surface area (Å²) >= 11 is 0.